The first kappa shape index (κ1) is 14.5. The van der Waals surface area contributed by atoms with Crippen LogP contribution >= 0.6 is 15.9 Å². The van der Waals surface area contributed by atoms with E-state index in [1.807, 2.05) is 38.1 Å². The first-order valence-electron chi connectivity index (χ1n) is 5.46. The zero-order chi connectivity index (χ0) is 13.5. The van der Waals surface area contributed by atoms with E-state index in [2.05, 4.69) is 15.9 Å². The van der Waals surface area contributed by atoms with Gasteiger partial charge in [-0.3, -0.25) is 0 Å². The van der Waals surface area contributed by atoms with Crippen LogP contribution in [0.1, 0.15) is 19.4 Å². The normalized spacial score (nSPS) is 10.4. The lowest BCUT2D eigenvalue weighted by Crippen LogP contribution is -1.96. The summed E-state index contributed by atoms with van der Waals surface area (Å²) in [6.07, 6.45) is 4.58. The molecular formula is C14H15BrO3. The second kappa shape index (κ2) is 7.01. The number of hydrogen-bond acceptors (Lipinski definition) is 2. The Balaban J connectivity index is 2.89. The molecule has 0 radical (unpaired) electrons. The van der Waals surface area contributed by atoms with Crippen molar-refractivity contribution in [3.63, 3.8) is 0 Å². The molecule has 0 fully saturated rings. The van der Waals surface area contributed by atoms with Gasteiger partial charge in [0.05, 0.1) is 0 Å². The molecule has 0 saturated heterocycles. The predicted octanol–water partition coefficient (Wildman–Crippen LogP) is 3.89. The SMILES string of the molecule is CC(C)=CCOc1ccc(Br)cc1/C=C/C(=O)O. The molecule has 0 unspecified atom stereocenters. The molecule has 0 bridgehead atoms. The number of hydrogen-bond donors (Lipinski definition) is 1. The van der Waals surface area contributed by atoms with E-state index in [4.69, 9.17) is 9.84 Å². The van der Waals surface area contributed by atoms with Gasteiger partial charge >= 0.3 is 5.97 Å². The topological polar surface area (TPSA) is 46.5 Å². The Labute approximate surface area is 115 Å². The minimum atomic E-state index is -0.981. The number of benzene rings is 1. The van der Waals surface area contributed by atoms with Crippen LogP contribution in [0, 0.1) is 0 Å². The van der Waals surface area contributed by atoms with Crippen molar-refractivity contribution >= 4 is 28.0 Å². The number of carboxylic acids is 1. The molecule has 0 aromatic heterocycles. The molecule has 18 heavy (non-hydrogen) atoms. The predicted molar refractivity (Wildman–Crippen MR) is 75.7 cm³/mol. The third-order valence-corrected chi connectivity index (χ3v) is 2.60. The van der Waals surface area contributed by atoms with Crippen LogP contribution in [0.15, 0.2) is 40.4 Å². The average molecular weight is 311 g/mol. The van der Waals surface area contributed by atoms with Crippen molar-refractivity contribution in [2.75, 3.05) is 6.61 Å². The van der Waals surface area contributed by atoms with Gasteiger partial charge in [-0.1, -0.05) is 21.5 Å². The molecule has 0 saturated carbocycles. The highest BCUT2D eigenvalue weighted by Gasteiger charge is 2.02. The van der Waals surface area contributed by atoms with Crippen LogP contribution in [-0.4, -0.2) is 17.7 Å². The molecule has 1 rings (SSSR count). The molecule has 0 atom stereocenters. The largest absolute Gasteiger partial charge is 0.489 e. The van der Waals surface area contributed by atoms with E-state index in [0.29, 0.717) is 12.4 Å². The van der Waals surface area contributed by atoms with Crippen molar-refractivity contribution in [3.8, 4) is 5.75 Å². The zero-order valence-corrected chi connectivity index (χ0v) is 11.9. The van der Waals surface area contributed by atoms with E-state index < -0.39 is 5.97 Å². The second-order valence-corrected chi connectivity index (χ2v) is 4.86. The molecule has 0 aliphatic carbocycles. The van der Waals surface area contributed by atoms with Gasteiger partial charge in [0, 0.05) is 16.1 Å². The molecular weight excluding hydrogens is 296 g/mol. The van der Waals surface area contributed by atoms with Gasteiger partial charge in [-0.2, -0.15) is 0 Å². The fraction of sp³-hybridized carbons (Fsp3) is 0.214. The molecule has 96 valence electrons. The summed E-state index contributed by atoms with van der Waals surface area (Å²) in [5.41, 5.74) is 1.91. The summed E-state index contributed by atoms with van der Waals surface area (Å²) in [7, 11) is 0. The van der Waals surface area contributed by atoms with E-state index in [1.165, 1.54) is 11.6 Å². The number of carboxylic acid groups (broad SMARTS) is 1. The molecule has 1 aromatic carbocycles. The Morgan fingerprint density at radius 2 is 2.17 bits per heavy atom. The molecule has 0 aliphatic rings. The maximum absolute atomic E-state index is 10.5. The van der Waals surface area contributed by atoms with Gasteiger partial charge in [0.1, 0.15) is 12.4 Å². The summed E-state index contributed by atoms with van der Waals surface area (Å²) in [6, 6.07) is 5.48. The number of allylic oxidation sites excluding steroid dienone is 1. The molecule has 0 heterocycles. The Hall–Kier alpha value is -1.55. The molecule has 0 spiro atoms. The highest BCUT2D eigenvalue weighted by molar-refractivity contribution is 9.10. The van der Waals surface area contributed by atoms with Gasteiger partial charge in [-0.25, -0.2) is 4.79 Å². The Bertz CT molecular complexity index is 486. The third kappa shape index (κ3) is 5.19. The lowest BCUT2D eigenvalue weighted by molar-refractivity contribution is -0.131. The Morgan fingerprint density at radius 3 is 2.78 bits per heavy atom. The molecule has 0 amide bonds. The summed E-state index contributed by atoms with van der Waals surface area (Å²) in [6.45, 7) is 4.46. The molecule has 0 aliphatic heterocycles. The smallest absolute Gasteiger partial charge is 0.328 e. The standard InChI is InChI=1S/C14H15BrO3/c1-10(2)7-8-18-13-5-4-12(15)9-11(13)3-6-14(16)17/h3-7,9H,8H2,1-2H3,(H,16,17)/b6-3+. The Morgan fingerprint density at radius 1 is 1.44 bits per heavy atom. The van der Waals surface area contributed by atoms with Crippen LogP contribution in [0.2, 0.25) is 0 Å². The van der Waals surface area contributed by atoms with Crippen LogP contribution in [-0.2, 0) is 4.79 Å². The third-order valence-electron chi connectivity index (χ3n) is 2.11. The summed E-state index contributed by atoms with van der Waals surface area (Å²) >= 11 is 3.35. The van der Waals surface area contributed by atoms with Crippen molar-refractivity contribution in [2.24, 2.45) is 0 Å². The van der Waals surface area contributed by atoms with Crippen molar-refractivity contribution in [3.05, 3.63) is 46.0 Å². The van der Waals surface area contributed by atoms with Gasteiger partial charge in [-0.15, -0.1) is 0 Å². The van der Waals surface area contributed by atoms with Crippen LogP contribution in [0.25, 0.3) is 6.08 Å². The van der Waals surface area contributed by atoms with E-state index in [-0.39, 0.29) is 0 Å². The fourth-order valence-corrected chi connectivity index (χ4v) is 1.62. The molecule has 4 heteroatoms. The van der Waals surface area contributed by atoms with Gasteiger partial charge in [0.25, 0.3) is 0 Å². The molecule has 1 N–H and O–H groups in total. The van der Waals surface area contributed by atoms with Crippen LogP contribution < -0.4 is 4.74 Å². The minimum Gasteiger partial charge on any atom is -0.489 e. The molecule has 1 aromatic rings. The maximum Gasteiger partial charge on any atom is 0.328 e. The maximum atomic E-state index is 10.5. The van der Waals surface area contributed by atoms with E-state index in [9.17, 15) is 4.79 Å². The lowest BCUT2D eigenvalue weighted by Gasteiger charge is -2.08. The van der Waals surface area contributed by atoms with Crippen molar-refractivity contribution in [2.45, 2.75) is 13.8 Å². The van der Waals surface area contributed by atoms with Crippen LogP contribution in [0.3, 0.4) is 0 Å². The lowest BCUT2D eigenvalue weighted by atomic mass is 10.2. The Kier molecular flexibility index (Phi) is 5.65. The monoisotopic (exact) mass is 310 g/mol. The minimum absolute atomic E-state index is 0.470. The van der Waals surface area contributed by atoms with Gasteiger partial charge in [-0.05, 0) is 44.2 Å². The van der Waals surface area contributed by atoms with Gasteiger partial charge in [0.15, 0.2) is 0 Å². The summed E-state index contributed by atoms with van der Waals surface area (Å²) in [4.78, 5) is 10.5. The van der Waals surface area contributed by atoms with Crippen molar-refractivity contribution in [1.29, 1.82) is 0 Å². The van der Waals surface area contributed by atoms with Gasteiger partial charge in [0.2, 0.25) is 0 Å². The first-order chi connectivity index (χ1) is 8.49. The number of halogens is 1. The summed E-state index contributed by atoms with van der Waals surface area (Å²) < 4.78 is 6.47. The van der Waals surface area contributed by atoms with Crippen LogP contribution in [0.5, 0.6) is 5.75 Å². The number of aliphatic carboxylic acids is 1. The van der Waals surface area contributed by atoms with Crippen molar-refractivity contribution < 1.29 is 14.6 Å². The van der Waals surface area contributed by atoms with E-state index in [0.717, 1.165) is 16.1 Å². The highest BCUT2D eigenvalue weighted by Crippen LogP contribution is 2.24. The fourth-order valence-electron chi connectivity index (χ4n) is 1.24. The van der Waals surface area contributed by atoms with E-state index in [1.54, 1.807) is 0 Å². The summed E-state index contributed by atoms with van der Waals surface area (Å²) in [5, 5.41) is 8.63. The average Bonchev–Trinajstić information content (AvgIpc) is 2.28. The van der Waals surface area contributed by atoms with Crippen molar-refractivity contribution in [1.82, 2.24) is 0 Å². The second-order valence-electron chi connectivity index (χ2n) is 3.95. The molecule has 3 nitrogen and oxygen atoms in total. The van der Waals surface area contributed by atoms with Crippen LogP contribution in [0.4, 0.5) is 0 Å². The van der Waals surface area contributed by atoms with Gasteiger partial charge < -0.3 is 9.84 Å². The highest BCUT2D eigenvalue weighted by atomic mass is 79.9. The zero-order valence-electron chi connectivity index (χ0n) is 10.3. The summed E-state index contributed by atoms with van der Waals surface area (Å²) in [5.74, 6) is -0.321. The number of carbonyl (C=O) groups is 1. The first-order valence-corrected chi connectivity index (χ1v) is 6.25. The van der Waals surface area contributed by atoms with E-state index >= 15 is 0 Å². The number of ether oxygens (including phenoxy) is 1. The number of rotatable bonds is 5. The quantitative estimate of drug-likeness (QED) is 0.663.